The van der Waals surface area contributed by atoms with Crippen molar-refractivity contribution in [1.82, 2.24) is 0 Å². The van der Waals surface area contributed by atoms with Gasteiger partial charge < -0.3 is 10.2 Å². The van der Waals surface area contributed by atoms with Crippen LogP contribution in [0.15, 0.2) is 36.4 Å². The normalized spacial score (nSPS) is 14.6. The van der Waals surface area contributed by atoms with E-state index in [0.717, 1.165) is 0 Å². The molecule has 18 heavy (non-hydrogen) atoms. The van der Waals surface area contributed by atoms with Crippen LogP contribution in [0.1, 0.15) is 31.4 Å². The van der Waals surface area contributed by atoms with Crippen LogP contribution >= 0.6 is 0 Å². The number of nitrogens with zero attached hydrogens (tertiary/aromatic N) is 1. The van der Waals surface area contributed by atoms with E-state index in [1.54, 1.807) is 31.2 Å². The summed E-state index contributed by atoms with van der Waals surface area (Å²) in [6.07, 6.45) is 3.49. The van der Waals surface area contributed by atoms with E-state index in [4.69, 9.17) is 5.11 Å². The summed E-state index contributed by atoms with van der Waals surface area (Å²) in [5.74, 6) is 0. The Morgan fingerprint density at radius 3 is 2.28 bits per heavy atom. The predicted molar refractivity (Wildman–Crippen MR) is 68.1 cm³/mol. The summed E-state index contributed by atoms with van der Waals surface area (Å²) >= 11 is 0. The first-order chi connectivity index (χ1) is 8.50. The van der Waals surface area contributed by atoms with Gasteiger partial charge in [-0.1, -0.05) is 12.2 Å². The van der Waals surface area contributed by atoms with Gasteiger partial charge in [-0.2, -0.15) is 0 Å². The molecule has 2 N–H and O–H groups in total. The van der Waals surface area contributed by atoms with Crippen LogP contribution in [0.3, 0.4) is 0 Å². The van der Waals surface area contributed by atoms with Gasteiger partial charge in [0, 0.05) is 12.1 Å². The fraction of sp³-hybridized carbons (Fsp3) is 0.385. The van der Waals surface area contributed by atoms with Crippen LogP contribution in [0.25, 0.3) is 0 Å². The van der Waals surface area contributed by atoms with Crippen molar-refractivity contribution in [2.75, 3.05) is 0 Å². The zero-order chi connectivity index (χ0) is 13.5. The van der Waals surface area contributed by atoms with Gasteiger partial charge in [0.2, 0.25) is 0 Å². The molecule has 0 aliphatic rings. The number of rotatable bonds is 6. The van der Waals surface area contributed by atoms with Crippen molar-refractivity contribution < 1.29 is 15.1 Å². The molecule has 1 aromatic rings. The third-order valence-electron chi connectivity index (χ3n) is 2.49. The van der Waals surface area contributed by atoms with Crippen molar-refractivity contribution >= 4 is 5.69 Å². The molecule has 0 spiro atoms. The SMILES string of the molecule is C[C@@H](O)C/C=C\C[C@H](O)c1ccc([N+](=O)[O-])cc1. The molecule has 0 radical (unpaired) electrons. The number of nitro benzene ring substituents is 1. The van der Waals surface area contributed by atoms with E-state index in [2.05, 4.69) is 0 Å². The lowest BCUT2D eigenvalue weighted by Gasteiger charge is -2.07. The molecule has 0 aromatic heterocycles. The van der Waals surface area contributed by atoms with E-state index in [1.807, 2.05) is 0 Å². The van der Waals surface area contributed by atoms with E-state index in [-0.39, 0.29) is 5.69 Å². The third kappa shape index (κ3) is 4.65. The van der Waals surface area contributed by atoms with Gasteiger partial charge in [0.05, 0.1) is 17.1 Å². The zero-order valence-corrected chi connectivity index (χ0v) is 10.2. The molecule has 0 saturated carbocycles. The van der Waals surface area contributed by atoms with Gasteiger partial charge >= 0.3 is 0 Å². The Labute approximate surface area is 106 Å². The van der Waals surface area contributed by atoms with E-state index in [1.165, 1.54) is 12.1 Å². The minimum absolute atomic E-state index is 0.00981. The molecule has 0 aliphatic carbocycles. The Hall–Kier alpha value is -1.72. The molecule has 0 amide bonds. The van der Waals surface area contributed by atoms with Gasteiger partial charge in [-0.15, -0.1) is 0 Å². The lowest BCUT2D eigenvalue weighted by atomic mass is 10.1. The molecule has 1 aromatic carbocycles. The first kappa shape index (κ1) is 14.3. The highest BCUT2D eigenvalue weighted by Crippen LogP contribution is 2.20. The summed E-state index contributed by atoms with van der Waals surface area (Å²) in [5, 5.41) is 29.3. The first-order valence-electron chi connectivity index (χ1n) is 5.76. The highest BCUT2D eigenvalue weighted by molar-refractivity contribution is 5.33. The highest BCUT2D eigenvalue weighted by Gasteiger charge is 2.08. The van der Waals surface area contributed by atoms with Gasteiger partial charge in [0.15, 0.2) is 0 Å². The summed E-state index contributed by atoms with van der Waals surface area (Å²) in [5.41, 5.74) is 0.651. The lowest BCUT2D eigenvalue weighted by molar-refractivity contribution is -0.384. The van der Waals surface area contributed by atoms with Gasteiger partial charge in [-0.25, -0.2) is 0 Å². The zero-order valence-electron chi connectivity index (χ0n) is 10.2. The van der Waals surface area contributed by atoms with Crippen LogP contribution in [-0.2, 0) is 0 Å². The first-order valence-corrected chi connectivity index (χ1v) is 5.76. The third-order valence-corrected chi connectivity index (χ3v) is 2.49. The van der Waals surface area contributed by atoms with Gasteiger partial charge in [-0.3, -0.25) is 10.1 Å². The fourth-order valence-electron chi connectivity index (χ4n) is 1.47. The largest absolute Gasteiger partial charge is 0.393 e. The Balaban J connectivity index is 2.53. The maximum absolute atomic E-state index is 10.5. The smallest absolute Gasteiger partial charge is 0.269 e. The summed E-state index contributed by atoms with van der Waals surface area (Å²) in [6.45, 7) is 1.69. The fourth-order valence-corrected chi connectivity index (χ4v) is 1.47. The van der Waals surface area contributed by atoms with Crippen molar-refractivity contribution in [3.63, 3.8) is 0 Å². The maximum atomic E-state index is 10.5. The minimum Gasteiger partial charge on any atom is -0.393 e. The molecule has 0 unspecified atom stereocenters. The van der Waals surface area contributed by atoms with Gasteiger partial charge in [0.25, 0.3) is 5.69 Å². The van der Waals surface area contributed by atoms with Crippen molar-refractivity contribution in [2.24, 2.45) is 0 Å². The number of hydrogen-bond acceptors (Lipinski definition) is 4. The Bertz CT molecular complexity index is 412. The van der Waals surface area contributed by atoms with Gasteiger partial charge in [0.1, 0.15) is 0 Å². The number of non-ortho nitro benzene ring substituents is 1. The van der Waals surface area contributed by atoms with Crippen molar-refractivity contribution in [3.8, 4) is 0 Å². The average molecular weight is 251 g/mol. The summed E-state index contributed by atoms with van der Waals surface area (Å²) in [6, 6.07) is 5.84. The van der Waals surface area contributed by atoms with Crippen LogP contribution < -0.4 is 0 Å². The molecular weight excluding hydrogens is 234 g/mol. The van der Waals surface area contributed by atoms with E-state index in [9.17, 15) is 15.2 Å². The number of benzene rings is 1. The van der Waals surface area contributed by atoms with Crippen molar-refractivity contribution in [2.45, 2.75) is 32.0 Å². The monoisotopic (exact) mass is 251 g/mol. The molecule has 0 bridgehead atoms. The molecule has 5 nitrogen and oxygen atoms in total. The summed E-state index contributed by atoms with van der Waals surface area (Å²) in [4.78, 5) is 9.99. The molecule has 1 rings (SSSR count). The highest BCUT2D eigenvalue weighted by atomic mass is 16.6. The van der Waals surface area contributed by atoms with Crippen LogP contribution in [0.2, 0.25) is 0 Å². The number of aliphatic hydroxyl groups excluding tert-OH is 2. The van der Waals surface area contributed by atoms with Crippen molar-refractivity contribution in [3.05, 3.63) is 52.1 Å². The molecule has 5 heteroatoms. The number of hydrogen-bond donors (Lipinski definition) is 2. The van der Waals surface area contributed by atoms with E-state index >= 15 is 0 Å². The summed E-state index contributed by atoms with van der Waals surface area (Å²) in [7, 11) is 0. The Morgan fingerprint density at radius 2 is 1.78 bits per heavy atom. The van der Waals surface area contributed by atoms with Crippen LogP contribution in [-0.4, -0.2) is 21.2 Å². The number of nitro groups is 1. The quantitative estimate of drug-likeness (QED) is 0.462. The molecule has 0 heterocycles. The number of aliphatic hydroxyl groups is 2. The second-order valence-electron chi connectivity index (χ2n) is 4.16. The van der Waals surface area contributed by atoms with E-state index < -0.39 is 17.1 Å². The topological polar surface area (TPSA) is 83.6 Å². The maximum Gasteiger partial charge on any atom is 0.269 e. The lowest BCUT2D eigenvalue weighted by Crippen LogP contribution is -1.98. The molecule has 0 saturated heterocycles. The van der Waals surface area contributed by atoms with E-state index in [0.29, 0.717) is 18.4 Å². The Morgan fingerprint density at radius 1 is 1.22 bits per heavy atom. The molecule has 2 atom stereocenters. The van der Waals surface area contributed by atoms with Crippen LogP contribution in [0, 0.1) is 10.1 Å². The van der Waals surface area contributed by atoms with Crippen molar-refractivity contribution in [1.29, 1.82) is 0 Å². The average Bonchev–Trinajstić information content (AvgIpc) is 2.34. The predicted octanol–water partition coefficient (Wildman–Crippen LogP) is 2.35. The molecular formula is C13H17NO4. The van der Waals surface area contributed by atoms with Crippen LogP contribution in [0.4, 0.5) is 5.69 Å². The second-order valence-corrected chi connectivity index (χ2v) is 4.16. The Kier molecular flexibility index (Phi) is 5.48. The van der Waals surface area contributed by atoms with Crippen LogP contribution in [0.5, 0.6) is 0 Å². The molecule has 98 valence electrons. The minimum atomic E-state index is -0.684. The van der Waals surface area contributed by atoms with Gasteiger partial charge in [-0.05, 0) is 37.5 Å². The summed E-state index contributed by atoms with van der Waals surface area (Å²) < 4.78 is 0. The second kappa shape index (κ2) is 6.88. The molecule has 0 aliphatic heterocycles. The molecule has 0 fully saturated rings. The standard InChI is InChI=1S/C13H17NO4/c1-10(15)4-2-3-5-13(16)11-6-8-12(9-7-11)14(17)18/h2-3,6-10,13,15-16H,4-5H2,1H3/b3-2-/t10-,13+/m1/s1.